The van der Waals surface area contributed by atoms with Gasteiger partial charge in [-0.05, 0) is 57.0 Å². The molecule has 172 valence electrons. The highest BCUT2D eigenvalue weighted by Gasteiger charge is 2.31. The molecule has 0 saturated carbocycles. The monoisotopic (exact) mass is 451 g/mol. The quantitative estimate of drug-likeness (QED) is 0.619. The van der Waals surface area contributed by atoms with Crippen molar-refractivity contribution < 1.29 is 22.4 Å². The van der Waals surface area contributed by atoms with E-state index in [-0.39, 0.29) is 22.6 Å². The molecule has 1 amide bonds. The van der Waals surface area contributed by atoms with Gasteiger partial charge in [0.15, 0.2) is 5.69 Å². The molecule has 0 radical (unpaired) electrons. The summed E-state index contributed by atoms with van der Waals surface area (Å²) in [5.74, 6) is -0.584. The van der Waals surface area contributed by atoms with E-state index in [2.05, 4.69) is 27.2 Å². The highest BCUT2D eigenvalue weighted by Crippen LogP contribution is 2.32. The van der Waals surface area contributed by atoms with Crippen LogP contribution in [0.2, 0.25) is 0 Å². The lowest BCUT2D eigenvalue weighted by Crippen LogP contribution is -2.43. The minimum atomic E-state index is -4.48. The Hall–Kier alpha value is -3.48. The lowest BCUT2D eigenvalue weighted by Gasteiger charge is -2.21. The van der Waals surface area contributed by atoms with Gasteiger partial charge in [-0.25, -0.2) is 4.98 Å². The highest BCUT2D eigenvalue weighted by molar-refractivity contribution is 5.94. The van der Waals surface area contributed by atoms with Crippen LogP contribution in [-0.4, -0.2) is 28.6 Å². The second-order valence-corrected chi connectivity index (χ2v) is 7.41. The van der Waals surface area contributed by atoms with E-state index in [0.717, 1.165) is 12.1 Å². The molecule has 0 bridgehead atoms. The molecule has 0 aliphatic carbocycles. The average molecular weight is 451 g/mol. The molecule has 2 rings (SSSR count). The number of amides is 1. The van der Waals surface area contributed by atoms with Crippen LogP contribution < -0.4 is 10.6 Å². The molecule has 2 aromatic rings. The Morgan fingerprint density at radius 3 is 2.31 bits per heavy atom. The largest absolute Gasteiger partial charge is 0.416 e. The van der Waals surface area contributed by atoms with Gasteiger partial charge in [-0.15, -0.1) is 0 Å². The van der Waals surface area contributed by atoms with Gasteiger partial charge in [-0.1, -0.05) is 6.58 Å². The predicted molar refractivity (Wildman–Crippen MR) is 113 cm³/mol. The first-order valence-electron chi connectivity index (χ1n) is 9.41. The van der Waals surface area contributed by atoms with E-state index in [4.69, 9.17) is 5.26 Å². The van der Waals surface area contributed by atoms with Crippen LogP contribution >= 0.6 is 0 Å². The summed E-state index contributed by atoms with van der Waals surface area (Å²) in [6.45, 7) is 10.2. The third-order valence-electron chi connectivity index (χ3n) is 4.20. The van der Waals surface area contributed by atoms with Crippen LogP contribution in [0.5, 0.6) is 0 Å². The summed E-state index contributed by atoms with van der Waals surface area (Å²) in [5, 5.41) is 14.6. The molecule has 0 spiro atoms. The van der Waals surface area contributed by atoms with Crippen LogP contribution in [0.1, 0.15) is 59.7 Å². The number of nitrogens with one attached hydrogen (secondary N) is 2. The van der Waals surface area contributed by atoms with Crippen molar-refractivity contribution in [1.29, 1.82) is 5.26 Å². The number of aryl methyl sites for hydroxylation is 1. The van der Waals surface area contributed by atoms with Crippen molar-refractivity contribution in [3.05, 3.63) is 65.2 Å². The normalized spacial score (nSPS) is 12.0. The van der Waals surface area contributed by atoms with Crippen LogP contribution in [0, 0.1) is 18.3 Å². The summed E-state index contributed by atoms with van der Waals surface area (Å²) < 4.78 is 48.8. The van der Waals surface area contributed by atoms with Crippen LogP contribution in [0.25, 0.3) is 5.70 Å². The van der Waals surface area contributed by atoms with Gasteiger partial charge in [0.1, 0.15) is 5.54 Å². The summed E-state index contributed by atoms with van der Waals surface area (Å²) in [6.07, 6.45) is -1.73. The van der Waals surface area contributed by atoms with Gasteiger partial charge in [-0.3, -0.25) is 14.2 Å². The molecule has 1 unspecified atom stereocenters. The molecule has 10 heteroatoms. The first-order chi connectivity index (χ1) is 14.8. The minimum Gasteiger partial charge on any atom is -0.377 e. The van der Waals surface area contributed by atoms with E-state index in [9.17, 15) is 22.4 Å². The zero-order chi connectivity index (χ0) is 24.7. The predicted octanol–water partition coefficient (Wildman–Crippen LogP) is 4.74. The van der Waals surface area contributed by atoms with Crippen molar-refractivity contribution in [2.24, 2.45) is 0 Å². The minimum absolute atomic E-state index is 0.00819. The topological polar surface area (TPSA) is 90.7 Å². The maximum atomic E-state index is 13.1. The van der Waals surface area contributed by atoms with Crippen LogP contribution in [0.3, 0.4) is 0 Å². The first kappa shape index (κ1) is 26.6. The Balaban J connectivity index is 0.00000249. The van der Waals surface area contributed by atoms with Crippen LogP contribution in [0.4, 0.5) is 17.6 Å². The fourth-order valence-electron chi connectivity index (χ4n) is 2.75. The molecule has 1 aromatic carbocycles. The van der Waals surface area contributed by atoms with Gasteiger partial charge >= 0.3 is 6.18 Å². The molecule has 0 saturated heterocycles. The number of nitrogens with zero attached hydrogens (tertiary/aromatic N) is 3. The van der Waals surface area contributed by atoms with Gasteiger partial charge in [0.2, 0.25) is 0 Å². The lowest BCUT2D eigenvalue weighted by atomic mass is 10.0. The second-order valence-electron chi connectivity index (χ2n) is 7.41. The molecule has 6 nitrogen and oxygen atoms in total. The van der Waals surface area contributed by atoms with Crippen molar-refractivity contribution in [3.63, 3.8) is 0 Å². The Morgan fingerprint density at radius 2 is 1.75 bits per heavy atom. The third-order valence-corrected chi connectivity index (χ3v) is 4.20. The van der Waals surface area contributed by atoms with E-state index in [1.165, 1.54) is 12.4 Å². The van der Waals surface area contributed by atoms with Crippen LogP contribution in [0.15, 0.2) is 37.2 Å². The van der Waals surface area contributed by atoms with E-state index in [1.807, 2.05) is 6.07 Å². The summed E-state index contributed by atoms with van der Waals surface area (Å²) in [4.78, 5) is 20.8. The molecular weight excluding hydrogens is 426 g/mol. The van der Waals surface area contributed by atoms with Gasteiger partial charge < -0.3 is 10.6 Å². The standard InChI is InChI=1S/C21H22F3N5O.CH3F/c1-12-8-15(10-16(9-12)21(22,23)24)13(2)28-14(3)17-18(27-7-6-26-17)19(30)29-20(4,5)11-25;1-2/h6-10,14,28H,2H2,1,3-5H3,(H,29,30);1H3. The fraction of sp³-hybridized carbons (Fsp3) is 0.364. The third kappa shape index (κ3) is 7.04. The molecule has 1 heterocycles. The summed E-state index contributed by atoms with van der Waals surface area (Å²) in [7, 11) is 0.500. The van der Waals surface area contributed by atoms with Gasteiger partial charge in [-0.2, -0.15) is 18.4 Å². The smallest absolute Gasteiger partial charge is 0.377 e. The molecular formula is C22H25F4N5O. The van der Waals surface area contributed by atoms with Crippen molar-refractivity contribution in [2.75, 3.05) is 7.18 Å². The average Bonchev–Trinajstić information content (AvgIpc) is 2.73. The summed E-state index contributed by atoms with van der Waals surface area (Å²) >= 11 is 0. The molecule has 0 aliphatic heterocycles. The Kier molecular flexibility index (Phi) is 8.88. The highest BCUT2D eigenvalue weighted by atomic mass is 19.4. The van der Waals surface area contributed by atoms with Gasteiger partial charge in [0, 0.05) is 18.1 Å². The van der Waals surface area contributed by atoms with Crippen molar-refractivity contribution in [2.45, 2.75) is 45.5 Å². The maximum Gasteiger partial charge on any atom is 0.416 e. The van der Waals surface area contributed by atoms with E-state index in [1.54, 1.807) is 33.8 Å². The van der Waals surface area contributed by atoms with E-state index >= 15 is 0 Å². The number of hydrogen-bond donors (Lipinski definition) is 2. The lowest BCUT2D eigenvalue weighted by molar-refractivity contribution is -0.137. The Morgan fingerprint density at radius 1 is 1.16 bits per heavy atom. The number of nitriles is 1. The maximum absolute atomic E-state index is 13.1. The Labute approximate surface area is 184 Å². The number of halogens is 4. The molecule has 1 aromatic heterocycles. The van der Waals surface area contributed by atoms with Crippen molar-refractivity contribution in [1.82, 2.24) is 20.6 Å². The molecule has 0 aliphatic rings. The molecule has 0 fully saturated rings. The SMILES string of the molecule is C=C(NC(C)c1nccnc1C(=O)NC(C)(C)C#N)c1cc(C)cc(C(F)(F)F)c1.CF. The van der Waals surface area contributed by atoms with E-state index in [0.29, 0.717) is 12.7 Å². The first-order valence-corrected chi connectivity index (χ1v) is 9.41. The molecule has 1 atom stereocenters. The Bertz CT molecular complexity index is 1010. The number of rotatable bonds is 6. The molecule has 2 N–H and O–H groups in total. The second kappa shape index (κ2) is 10.7. The van der Waals surface area contributed by atoms with Gasteiger partial charge in [0.05, 0.1) is 30.5 Å². The number of alkyl halides is 4. The van der Waals surface area contributed by atoms with E-state index < -0.39 is 29.2 Å². The molecule has 32 heavy (non-hydrogen) atoms. The van der Waals surface area contributed by atoms with Crippen LogP contribution in [-0.2, 0) is 6.18 Å². The number of benzene rings is 1. The number of hydrogen-bond acceptors (Lipinski definition) is 5. The zero-order valence-electron chi connectivity index (χ0n) is 18.4. The van der Waals surface area contributed by atoms with Gasteiger partial charge in [0.25, 0.3) is 5.91 Å². The fourth-order valence-corrected chi connectivity index (χ4v) is 2.75. The van der Waals surface area contributed by atoms with Crippen molar-refractivity contribution in [3.8, 4) is 6.07 Å². The summed E-state index contributed by atoms with van der Waals surface area (Å²) in [6, 6.07) is 5.02. The number of carbonyl (C=O) groups excluding carboxylic acids is 1. The van der Waals surface area contributed by atoms with Crippen molar-refractivity contribution >= 4 is 11.6 Å². The zero-order valence-corrected chi connectivity index (χ0v) is 18.4. The summed E-state index contributed by atoms with van der Waals surface area (Å²) in [5.41, 5.74) is -0.648. The number of carbonyl (C=O) groups is 1. The number of aromatic nitrogens is 2.